The maximum absolute atomic E-state index is 3.65. The second-order valence-corrected chi connectivity index (χ2v) is 6.64. The minimum atomic E-state index is 0.563. The average molecular weight is 243 g/mol. The SMILES string of the molecule is CC1(CNCc2ccc(C3CC3)cc2)CCCC1. The van der Waals surface area contributed by atoms with Crippen LogP contribution in [0, 0.1) is 5.41 Å². The number of hydrogen-bond donors (Lipinski definition) is 1. The van der Waals surface area contributed by atoms with Crippen molar-refractivity contribution in [3.8, 4) is 0 Å². The van der Waals surface area contributed by atoms with Crippen LogP contribution in [-0.2, 0) is 6.54 Å². The Morgan fingerprint density at radius 1 is 1.11 bits per heavy atom. The fourth-order valence-electron chi connectivity index (χ4n) is 3.24. The molecule has 1 N–H and O–H groups in total. The summed E-state index contributed by atoms with van der Waals surface area (Å²) >= 11 is 0. The first kappa shape index (κ1) is 12.2. The molecule has 2 fully saturated rings. The van der Waals surface area contributed by atoms with Gasteiger partial charge in [0, 0.05) is 13.1 Å². The van der Waals surface area contributed by atoms with Crippen molar-refractivity contribution in [1.82, 2.24) is 5.32 Å². The van der Waals surface area contributed by atoms with E-state index in [9.17, 15) is 0 Å². The molecular weight excluding hydrogens is 218 g/mol. The van der Waals surface area contributed by atoms with Crippen LogP contribution in [0.5, 0.6) is 0 Å². The largest absolute Gasteiger partial charge is 0.312 e. The Labute approximate surface area is 111 Å². The summed E-state index contributed by atoms with van der Waals surface area (Å²) in [7, 11) is 0. The molecule has 1 heteroatoms. The van der Waals surface area contributed by atoms with Crippen LogP contribution in [0.4, 0.5) is 0 Å². The summed E-state index contributed by atoms with van der Waals surface area (Å²) in [5.74, 6) is 0.879. The molecule has 1 nitrogen and oxygen atoms in total. The lowest BCUT2D eigenvalue weighted by molar-refractivity contribution is 0.314. The number of benzene rings is 1. The molecule has 0 aliphatic heterocycles. The van der Waals surface area contributed by atoms with Gasteiger partial charge in [-0.25, -0.2) is 0 Å². The van der Waals surface area contributed by atoms with Gasteiger partial charge in [-0.15, -0.1) is 0 Å². The first-order chi connectivity index (χ1) is 8.75. The van der Waals surface area contributed by atoms with Gasteiger partial charge in [-0.1, -0.05) is 44.0 Å². The molecule has 2 aliphatic carbocycles. The van der Waals surface area contributed by atoms with Crippen LogP contribution in [0.2, 0.25) is 0 Å². The van der Waals surface area contributed by atoms with Gasteiger partial charge in [-0.2, -0.15) is 0 Å². The molecule has 0 saturated heterocycles. The van der Waals surface area contributed by atoms with Crippen molar-refractivity contribution in [2.45, 2.75) is 57.9 Å². The summed E-state index contributed by atoms with van der Waals surface area (Å²) in [6, 6.07) is 9.26. The Bertz CT molecular complexity index is 383. The third-order valence-corrected chi connectivity index (χ3v) is 4.72. The Balaban J connectivity index is 1.47. The lowest BCUT2D eigenvalue weighted by Crippen LogP contribution is -2.29. The Kier molecular flexibility index (Phi) is 3.43. The Hall–Kier alpha value is -0.820. The molecule has 0 unspecified atom stereocenters. The third-order valence-electron chi connectivity index (χ3n) is 4.72. The summed E-state index contributed by atoms with van der Waals surface area (Å²) in [5, 5.41) is 3.65. The molecule has 0 radical (unpaired) electrons. The lowest BCUT2D eigenvalue weighted by Gasteiger charge is -2.23. The Morgan fingerprint density at radius 3 is 2.39 bits per heavy atom. The maximum Gasteiger partial charge on any atom is 0.0205 e. The fraction of sp³-hybridized carbons (Fsp3) is 0.647. The van der Waals surface area contributed by atoms with Crippen LogP contribution in [0.25, 0.3) is 0 Å². The number of hydrogen-bond acceptors (Lipinski definition) is 1. The zero-order valence-corrected chi connectivity index (χ0v) is 11.5. The second kappa shape index (κ2) is 5.05. The van der Waals surface area contributed by atoms with Crippen molar-refractivity contribution in [2.24, 2.45) is 5.41 Å². The standard InChI is InChI=1S/C17H25N/c1-17(10-2-3-11-17)13-18-12-14-4-6-15(7-5-14)16-8-9-16/h4-7,16,18H,2-3,8-13H2,1H3. The minimum absolute atomic E-state index is 0.563. The second-order valence-electron chi connectivity index (χ2n) is 6.64. The highest BCUT2D eigenvalue weighted by Gasteiger charge is 2.27. The normalized spacial score (nSPS) is 22.3. The molecule has 0 atom stereocenters. The van der Waals surface area contributed by atoms with Gasteiger partial charge < -0.3 is 5.32 Å². The topological polar surface area (TPSA) is 12.0 Å². The van der Waals surface area contributed by atoms with E-state index in [0.717, 1.165) is 12.5 Å². The van der Waals surface area contributed by atoms with Crippen LogP contribution in [0.1, 0.15) is 62.5 Å². The lowest BCUT2D eigenvalue weighted by atomic mass is 9.89. The molecule has 18 heavy (non-hydrogen) atoms. The summed E-state index contributed by atoms with van der Waals surface area (Å²) in [5.41, 5.74) is 3.54. The highest BCUT2D eigenvalue weighted by Crippen LogP contribution is 2.40. The molecule has 3 rings (SSSR count). The van der Waals surface area contributed by atoms with Gasteiger partial charge in [0.05, 0.1) is 0 Å². The minimum Gasteiger partial charge on any atom is -0.312 e. The molecule has 0 aromatic heterocycles. The van der Waals surface area contributed by atoms with E-state index in [4.69, 9.17) is 0 Å². The van der Waals surface area contributed by atoms with E-state index in [-0.39, 0.29) is 0 Å². The van der Waals surface area contributed by atoms with E-state index < -0.39 is 0 Å². The summed E-state index contributed by atoms with van der Waals surface area (Å²) < 4.78 is 0. The zero-order valence-electron chi connectivity index (χ0n) is 11.5. The first-order valence-corrected chi connectivity index (χ1v) is 7.55. The van der Waals surface area contributed by atoms with E-state index in [2.05, 4.69) is 36.5 Å². The summed E-state index contributed by atoms with van der Waals surface area (Å²) in [6.07, 6.45) is 8.45. The predicted molar refractivity (Wildman–Crippen MR) is 76.7 cm³/mol. The highest BCUT2D eigenvalue weighted by atomic mass is 14.9. The van der Waals surface area contributed by atoms with E-state index in [1.807, 2.05) is 0 Å². The van der Waals surface area contributed by atoms with Crippen molar-refractivity contribution in [3.05, 3.63) is 35.4 Å². The van der Waals surface area contributed by atoms with E-state index >= 15 is 0 Å². The van der Waals surface area contributed by atoms with Crippen molar-refractivity contribution in [2.75, 3.05) is 6.54 Å². The van der Waals surface area contributed by atoms with E-state index in [1.54, 1.807) is 5.56 Å². The molecule has 0 spiro atoms. The molecule has 0 heterocycles. The fourth-order valence-corrected chi connectivity index (χ4v) is 3.24. The molecule has 2 saturated carbocycles. The molecule has 98 valence electrons. The van der Waals surface area contributed by atoms with Gasteiger partial charge in [-0.3, -0.25) is 0 Å². The van der Waals surface area contributed by atoms with Crippen LogP contribution >= 0.6 is 0 Å². The molecule has 0 amide bonds. The van der Waals surface area contributed by atoms with Crippen LogP contribution < -0.4 is 5.32 Å². The van der Waals surface area contributed by atoms with Gasteiger partial charge in [0.1, 0.15) is 0 Å². The van der Waals surface area contributed by atoms with Crippen molar-refractivity contribution < 1.29 is 0 Å². The van der Waals surface area contributed by atoms with E-state index in [0.29, 0.717) is 5.41 Å². The van der Waals surface area contributed by atoms with Gasteiger partial charge in [0.25, 0.3) is 0 Å². The molecule has 2 aliphatic rings. The van der Waals surface area contributed by atoms with Gasteiger partial charge in [0.2, 0.25) is 0 Å². The predicted octanol–water partition coefficient (Wildman–Crippen LogP) is 4.23. The average Bonchev–Trinajstić information content (AvgIpc) is 3.14. The monoisotopic (exact) mass is 243 g/mol. The number of rotatable bonds is 5. The smallest absolute Gasteiger partial charge is 0.0205 e. The third kappa shape index (κ3) is 2.95. The summed E-state index contributed by atoms with van der Waals surface area (Å²) in [6.45, 7) is 4.64. The molecule has 1 aromatic carbocycles. The molecule has 1 aromatic rings. The van der Waals surface area contributed by atoms with Gasteiger partial charge >= 0.3 is 0 Å². The van der Waals surface area contributed by atoms with Crippen LogP contribution in [-0.4, -0.2) is 6.54 Å². The van der Waals surface area contributed by atoms with Crippen molar-refractivity contribution in [3.63, 3.8) is 0 Å². The zero-order chi connectivity index (χ0) is 12.4. The van der Waals surface area contributed by atoms with E-state index in [1.165, 1.54) is 50.6 Å². The number of nitrogens with one attached hydrogen (secondary N) is 1. The maximum atomic E-state index is 3.65. The first-order valence-electron chi connectivity index (χ1n) is 7.55. The summed E-state index contributed by atoms with van der Waals surface area (Å²) in [4.78, 5) is 0. The Morgan fingerprint density at radius 2 is 1.78 bits per heavy atom. The highest BCUT2D eigenvalue weighted by molar-refractivity contribution is 5.27. The van der Waals surface area contributed by atoms with Gasteiger partial charge in [-0.05, 0) is 48.1 Å². The molecular formula is C17H25N. The van der Waals surface area contributed by atoms with Crippen molar-refractivity contribution in [1.29, 1.82) is 0 Å². The van der Waals surface area contributed by atoms with Crippen LogP contribution in [0.3, 0.4) is 0 Å². The molecule has 0 bridgehead atoms. The van der Waals surface area contributed by atoms with Gasteiger partial charge in [0.15, 0.2) is 0 Å². The quantitative estimate of drug-likeness (QED) is 0.816. The van der Waals surface area contributed by atoms with Crippen molar-refractivity contribution >= 4 is 0 Å². The van der Waals surface area contributed by atoms with Crippen LogP contribution in [0.15, 0.2) is 24.3 Å².